The molecule has 0 aromatic heterocycles. The molecule has 0 amide bonds. The van der Waals surface area contributed by atoms with Gasteiger partial charge >= 0.3 is 6.18 Å². The summed E-state index contributed by atoms with van der Waals surface area (Å²) in [4.78, 5) is 4.18. The van der Waals surface area contributed by atoms with Crippen molar-refractivity contribution in [3.8, 4) is 17.2 Å². The Morgan fingerprint density at radius 2 is 1.74 bits per heavy atom. The molecule has 0 fully saturated rings. The van der Waals surface area contributed by atoms with E-state index in [1.54, 1.807) is 19.2 Å². The summed E-state index contributed by atoms with van der Waals surface area (Å²) in [6.07, 6.45) is -5.35. The molecule has 1 atom stereocenters. The maximum Gasteiger partial charge on any atom is 0.416 e. The lowest BCUT2D eigenvalue weighted by molar-refractivity contribution is -0.137. The number of aliphatic hydroxyl groups excluding tert-OH is 1. The van der Waals surface area contributed by atoms with Gasteiger partial charge in [0, 0.05) is 6.54 Å². The molecule has 0 spiro atoms. The van der Waals surface area contributed by atoms with Crippen molar-refractivity contribution in [1.29, 1.82) is 0 Å². The van der Waals surface area contributed by atoms with Crippen LogP contribution >= 0.6 is 24.0 Å². The summed E-state index contributed by atoms with van der Waals surface area (Å²) in [5, 5.41) is 12.7. The van der Waals surface area contributed by atoms with Gasteiger partial charge in [-0.1, -0.05) is 6.07 Å². The summed E-state index contributed by atoms with van der Waals surface area (Å²) < 4.78 is 53.3. The van der Waals surface area contributed by atoms with Gasteiger partial charge in [0.05, 0.1) is 26.3 Å². The molecule has 0 heterocycles. The number of hydrogen-bond acceptors (Lipinski definition) is 5. The molecular formula is C20H25F3IN3O4. The predicted octanol–water partition coefficient (Wildman–Crippen LogP) is 3.18. The van der Waals surface area contributed by atoms with Crippen molar-refractivity contribution >= 4 is 29.9 Å². The molecule has 0 bridgehead atoms. The van der Waals surface area contributed by atoms with Crippen LogP contribution in [0.1, 0.15) is 11.1 Å². The molecular weight excluding hydrogens is 530 g/mol. The second kappa shape index (κ2) is 12.4. The van der Waals surface area contributed by atoms with Crippen molar-refractivity contribution in [2.75, 3.05) is 27.4 Å². The molecule has 2 rings (SSSR count). The highest BCUT2D eigenvalue weighted by molar-refractivity contribution is 14.0. The van der Waals surface area contributed by atoms with Crippen LogP contribution in [0.5, 0.6) is 17.2 Å². The van der Waals surface area contributed by atoms with E-state index >= 15 is 0 Å². The van der Waals surface area contributed by atoms with E-state index in [4.69, 9.17) is 19.9 Å². The number of nitrogens with two attached hydrogens (primary N) is 1. The fourth-order valence-corrected chi connectivity index (χ4v) is 2.43. The summed E-state index contributed by atoms with van der Waals surface area (Å²) >= 11 is 0. The monoisotopic (exact) mass is 555 g/mol. The number of aliphatic imine (C=N–C) groups is 1. The van der Waals surface area contributed by atoms with E-state index in [2.05, 4.69) is 10.3 Å². The standard InChI is InChI=1S/C20H24F3N3O4.HI/c1-28-17-8-3-13(9-18(17)29-2)10-25-19(24)26-11-15(27)12-30-16-6-4-14(5-7-16)20(21,22)23;/h3-9,15,27H,10-12H2,1-2H3,(H3,24,25,26);1H. The average molecular weight is 555 g/mol. The Balaban J connectivity index is 0.00000480. The minimum atomic E-state index is -4.41. The van der Waals surface area contributed by atoms with Crippen LogP contribution in [0.15, 0.2) is 47.5 Å². The number of ether oxygens (including phenoxy) is 3. The molecule has 0 aliphatic carbocycles. The number of nitrogens with one attached hydrogen (secondary N) is 1. The smallest absolute Gasteiger partial charge is 0.416 e. The lowest BCUT2D eigenvalue weighted by Crippen LogP contribution is -2.39. The molecule has 2 aromatic rings. The van der Waals surface area contributed by atoms with Gasteiger partial charge in [0.1, 0.15) is 18.5 Å². The minimum Gasteiger partial charge on any atom is -0.493 e. The van der Waals surface area contributed by atoms with Gasteiger partial charge in [-0.3, -0.25) is 0 Å². The number of halogens is 4. The lowest BCUT2D eigenvalue weighted by Gasteiger charge is -2.14. The first-order chi connectivity index (χ1) is 14.2. The molecule has 0 saturated heterocycles. The number of alkyl halides is 3. The predicted molar refractivity (Wildman–Crippen MR) is 121 cm³/mol. The topological polar surface area (TPSA) is 98.3 Å². The van der Waals surface area contributed by atoms with E-state index in [0.29, 0.717) is 11.5 Å². The molecule has 7 nitrogen and oxygen atoms in total. The van der Waals surface area contributed by atoms with Gasteiger partial charge in [0.2, 0.25) is 0 Å². The largest absolute Gasteiger partial charge is 0.493 e. The molecule has 11 heteroatoms. The number of guanidine groups is 1. The first-order valence-electron chi connectivity index (χ1n) is 8.95. The number of rotatable bonds is 9. The third-order valence-corrected chi connectivity index (χ3v) is 4.02. The molecule has 0 radical (unpaired) electrons. The van der Waals surface area contributed by atoms with Crippen molar-refractivity contribution in [3.05, 3.63) is 53.6 Å². The molecule has 0 saturated carbocycles. The molecule has 172 valence electrons. The highest BCUT2D eigenvalue weighted by Gasteiger charge is 2.30. The highest BCUT2D eigenvalue weighted by Crippen LogP contribution is 2.30. The zero-order valence-electron chi connectivity index (χ0n) is 17.0. The SMILES string of the molecule is COc1ccc(CN=C(N)NCC(O)COc2ccc(C(F)(F)F)cc2)cc1OC.I. The molecule has 0 aliphatic heterocycles. The van der Waals surface area contributed by atoms with Crippen LogP contribution < -0.4 is 25.3 Å². The molecule has 1 unspecified atom stereocenters. The Morgan fingerprint density at radius 3 is 2.32 bits per heavy atom. The first kappa shape index (κ1) is 26.6. The van der Waals surface area contributed by atoms with Crippen LogP contribution in [0, 0.1) is 0 Å². The number of hydrogen-bond donors (Lipinski definition) is 3. The maximum absolute atomic E-state index is 12.5. The summed E-state index contributed by atoms with van der Waals surface area (Å²) in [6.45, 7) is 0.223. The normalized spacial score (nSPS) is 12.5. The zero-order chi connectivity index (χ0) is 22.1. The van der Waals surface area contributed by atoms with Crippen LogP contribution in [-0.2, 0) is 12.7 Å². The summed E-state index contributed by atoms with van der Waals surface area (Å²) in [5.41, 5.74) is 5.87. The van der Waals surface area contributed by atoms with Crippen molar-refractivity contribution in [2.45, 2.75) is 18.8 Å². The Hall–Kier alpha value is -2.41. The van der Waals surface area contributed by atoms with Crippen LogP contribution in [0.25, 0.3) is 0 Å². The summed E-state index contributed by atoms with van der Waals surface area (Å²) in [5.74, 6) is 1.52. The highest BCUT2D eigenvalue weighted by atomic mass is 127. The van der Waals surface area contributed by atoms with Crippen molar-refractivity contribution in [1.82, 2.24) is 5.32 Å². The number of aliphatic hydroxyl groups is 1. The lowest BCUT2D eigenvalue weighted by atomic mass is 10.2. The van der Waals surface area contributed by atoms with Crippen molar-refractivity contribution in [2.24, 2.45) is 10.7 Å². The Bertz CT molecular complexity index is 849. The van der Waals surface area contributed by atoms with Gasteiger partial charge in [0.15, 0.2) is 17.5 Å². The van der Waals surface area contributed by atoms with Crippen LogP contribution in [-0.4, -0.2) is 44.5 Å². The van der Waals surface area contributed by atoms with Gasteiger partial charge in [-0.05, 0) is 42.0 Å². The van der Waals surface area contributed by atoms with Gasteiger partial charge in [-0.15, -0.1) is 24.0 Å². The zero-order valence-corrected chi connectivity index (χ0v) is 19.3. The fourth-order valence-electron chi connectivity index (χ4n) is 2.43. The third kappa shape index (κ3) is 8.69. The van der Waals surface area contributed by atoms with Crippen LogP contribution in [0.3, 0.4) is 0 Å². The van der Waals surface area contributed by atoms with E-state index in [1.807, 2.05) is 6.07 Å². The van der Waals surface area contributed by atoms with E-state index in [-0.39, 0.29) is 55.4 Å². The molecule has 0 aliphatic rings. The van der Waals surface area contributed by atoms with Crippen molar-refractivity contribution < 1.29 is 32.5 Å². The number of benzene rings is 2. The fraction of sp³-hybridized carbons (Fsp3) is 0.350. The van der Waals surface area contributed by atoms with Crippen molar-refractivity contribution in [3.63, 3.8) is 0 Å². The minimum absolute atomic E-state index is 0. The van der Waals surface area contributed by atoms with Gasteiger partial charge in [-0.25, -0.2) is 4.99 Å². The molecule has 4 N–H and O–H groups in total. The number of nitrogens with zero attached hydrogens (tertiary/aromatic N) is 1. The third-order valence-electron chi connectivity index (χ3n) is 4.02. The number of methoxy groups -OCH3 is 2. The van der Waals surface area contributed by atoms with Gasteiger partial charge < -0.3 is 30.4 Å². The summed E-state index contributed by atoms with van der Waals surface area (Å²) in [7, 11) is 3.08. The maximum atomic E-state index is 12.5. The van der Waals surface area contributed by atoms with Gasteiger partial charge in [-0.2, -0.15) is 13.2 Å². The Labute approximate surface area is 195 Å². The average Bonchev–Trinajstić information content (AvgIpc) is 2.74. The Morgan fingerprint density at radius 1 is 1.10 bits per heavy atom. The van der Waals surface area contributed by atoms with E-state index in [1.165, 1.54) is 19.2 Å². The second-order valence-corrected chi connectivity index (χ2v) is 6.26. The van der Waals surface area contributed by atoms with E-state index in [9.17, 15) is 18.3 Å². The van der Waals surface area contributed by atoms with Crippen LogP contribution in [0.2, 0.25) is 0 Å². The Kier molecular flexibility index (Phi) is 10.7. The van der Waals surface area contributed by atoms with E-state index in [0.717, 1.165) is 17.7 Å². The summed E-state index contributed by atoms with van der Waals surface area (Å²) in [6, 6.07) is 9.59. The molecule has 2 aromatic carbocycles. The van der Waals surface area contributed by atoms with Gasteiger partial charge in [0.25, 0.3) is 0 Å². The quantitative estimate of drug-likeness (QED) is 0.250. The first-order valence-corrected chi connectivity index (χ1v) is 8.95. The van der Waals surface area contributed by atoms with E-state index < -0.39 is 17.8 Å². The molecule has 31 heavy (non-hydrogen) atoms. The second-order valence-electron chi connectivity index (χ2n) is 6.26. The van der Waals surface area contributed by atoms with Crippen LogP contribution in [0.4, 0.5) is 13.2 Å².